The van der Waals surface area contributed by atoms with Gasteiger partial charge in [-0.25, -0.2) is 4.79 Å². The van der Waals surface area contributed by atoms with Crippen LogP contribution < -0.4 is 0 Å². The molecule has 3 unspecified atom stereocenters. The highest BCUT2D eigenvalue weighted by Gasteiger charge is 2.52. The number of ether oxygens (including phenoxy) is 2. The molecule has 1 spiro atoms. The van der Waals surface area contributed by atoms with E-state index in [0.29, 0.717) is 30.3 Å². The molecule has 0 aromatic carbocycles. The number of hydrogen-bond acceptors (Lipinski definition) is 3. The van der Waals surface area contributed by atoms with Crippen molar-refractivity contribution in [2.75, 3.05) is 0 Å². The number of carbonyl (C=O) groups excluding carboxylic acids is 1. The molecule has 2 rings (SSSR count). The number of hydrogen-bond donors (Lipinski definition) is 0. The van der Waals surface area contributed by atoms with E-state index in [4.69, 9.17) is 9.47 Å². The van der Waals surface area contributed by atoms with E-state index < -0.39 is 5.79 Å². The molecule has 3 nitrogen and oxygen atoms in total. The van der Waals surface area contributed by atoms with E-state index >= 15 is 0 Å². The second kappa shape index (κ2) is 7.37. The van der Waals surface area contributed by atoms with Gasteiger partial charge in [-0.1, -0.05) is 32.9 Å². The molecule has 0 bridgehead atoms. The molecule has 0 radical (unpaired) electrons. The van der Waals surface area contributed by atoms with Crippen molar-refractivity contribution >= 4 is 5.97 Å². The Morgan fingerprint density at radius 3 is 2.61 bits per heavy atom. The Bertz CT molecular complexity index is 503. The lowest BCUT2D eigenvalue weighted by atomic mass is 9.72. The summed E-state index contributed by atoms with van der Waals surface area (Å²) >= 11 is 0. The third-order valence-corrected chi connectivity index (χ3v) is 5.04. The second-order valence-electron chi connectivity index (χ2n) is 7.26. The molecule has 0 aromatic heterocycles. The summed E-state index contributed by atoms with van der Waals surface area (Å²) in [6.07, 6.45) is 8.55. The molecule has 1 heterocycles. The molecular formula is C20H30O3. The van der Waals surface area contributed by atoms with Gasteiger partial charge in [0.15, 0.2) is 0 Å². The normalized spacial score (nSPS) is 31.0. The average molecular weight is 318 g/mol. The van der Waals surface area contributed by atoms with E-state index in [0.717, 1.165) is 31.4 Å². The van der Waals surface area contributed by atoms with Crippen molar-refractivity contribution in [1.82, 2.24) is 0 Å². The van der Waals surface area contributed by atoms with Crippen LogP contribution in [0.2, 0.25) is 0 Å². The summed E-state index contributed by atoms with van der Waals surface area (Å²) in [5, 5.41) is 0. The van der Waals surface area contributed by atoms with Crippen molar-refractivity contribution in [3.05, 3.63) is 36.6 Å². The van der Waals surface area contributed by atoms with Crippen molar-refractivity contribution in [3.8, 4) is 0 Å². The Kier molecular flexibility index (Phi) is 5.72. The maximum Gasteiger partial charge on any atom is 0.341 e. The fourth-order valence-electron chi connectivity index (χ4n) is 3.90. The summed E-state index contributed by atoms with van der Waals surface area (Å²) in [6.45, 7) is 14.1. The van der Waals surface area contributed by atoms with Crippen molar-refractivity contribution < 1.29 is 14.3 Å². The number of allylic oxidation sites excluding steroid dienone is 3. The molecule has 0 amide bonds. The van der Waals surface area contributed by atoms with E-state index in [9.17, 15) is 4.79 Å². The van der Waals surface area contributed by atoms with Crippen LogP contribution in [0.25, 0.3) is 0 Å². The predicted molar refractivity (Wildman–Crippen MR) is 92.5 cm³/mol. The zero-order valence-corrected chi connectivity index (χ0v) is 14.8. The summed E-state index contributed by atoms with van der Waals surface area (Å²) in [4.78, 5) is 12.7. The number of esters is 1. The molecule has 1 aliphatic carbocycles. The van der Waals surface area contributed by atoms with Crippen LogP contribution in [0.5, 0.6) is 0 Å². The van der Waals surface area contributed by atoms with Crippen LogP contribution in [-0.4, -0.2) is 11.8 Å². The maximum atomic E-state index is 12.7. The Labute approximate surface area is 140 Å². The Hall–Kier alpha value is -1.51. The van der Waals surface area contributed by atoms with Gasteiger partial charge < -0.3 is 9.47 Å². The molecule has 0 saturated heterocycles. The lowest BCUT2D eigenvalue weighted by molar-refractivity contribution is -0.271. The van der Waals surface area contributed by atoms with Crippen LogP contribution in [0.4, 0.5) is 0 Å². The predicted octanol–water partition coefficient (Wildman–Crippen LogP) is 5.14. The van der Waals surface area contributed by atoms with Gasteiger partial charge in [0.25, 0.3) is 5.79 Å². The van der Waals surface area contributed by atoms with E-state index in [2.05, 4.69) is 33.9 Å². The smallest absolute Gasteiger partial charge is 0.341 e. The molecular weight excluding hydrogens is 288 g/mol. The van der Waals surface area contributed by atoms with Crippen LogP contribution in [0.15, 0.2) is 36.6 Å². The number of rotatable bonds is 6. The minimum absolute atomic E-state index is 0.227. The quantitative estimate of drug-likeness (QED) is 0.502. The largest absolute Gasteiger partial charge is 0.456 e. The molecule has 1 saturated carbocycles. The fourth-order valence-corrected chi connectivity index (χ4v) is 3.90. The molecule has 2 aliphatic rings. The minimum Gasteiger partial charge on any atom is -0.456 e. The van der Waals surface area contributed by atoms with E-state index in [1.54, 1.807) is 6.08 Å². The highest BCUT2D eigenvalue weighted by atomic mass is 16.7. The van der Waals surface area contributed by atoms with Gasteiger partial charge in [-0.2, -0.15) is 0 Å². The molecule has 0 N–H and O–H groups in total. The van der Waals surface area contributed by atoms with Crippen LogP contribution in [0.1, 0.15) is 59.3 Å². The molecule has 128 valence electrons. The molecule has 3 atom stereocenters. The van der Waals surface area contributed by atoms with Crippen LogP contribution in [0, 0.1) is 17.8 Å². The van der Waals surface area contributed by atoms with Crippen molar-refractivity contribution in [2.24, 2.45) is 17.8 Å². The minimum atomic E-state index is -0.788. The summed E-state index contributed by atoms with van der Waals surface area (Å²) in [5.74, 6) is 0.920. The number of carbonyl (C=O) groups is 1. The van der Waals surface area contributed by atoms with Gasteiger partial charge in [-0.3, -0.25) is 0 Å². The van der Waals surface area contributed by atoms with Crippen molar-refractivity contribution in [3.63, 3.8) is 0 Å². The lowest BCUT2D eigenvalue weighted by Crippen LogP contribution is -2.53. The first-order valence-electron chi connectivity index (χ1n) is 8.79. The lowest BCUT2D eigenvalue weighted by Gasteiger charge is -2.49. The zero-order chi connectivity index (χ0) is 17.0. The van der Waals surface area contributed by atoms with Crippen molar-refractivity contribution in [2.45, 2.75) is 65.1 Å². The van der Waals surface area contributed by atoms with E-state index in [-0.39, 0.29) is 11.9 Å². The summed E-state index contributed by atoms with van der Waals surface area (Å²) in [7, 11) is 0. The summed E-state index contributed by atoms with van der Waals surface area (Å²) in [6, 6.07) is 0. The van der Waals surface area contributed by atoms with Crippen LogP contribution in [-0.2, 0) is 14.3 Å². The molecule has 3 heteroatoms. The van der Waals surface area contributed by atoms with Gasteiger partial charge in [-0.05, 0) is 31.1 Å². The average Bonchev–Trinajstić information content (AvgIpc) is 2.48. The van der Waals surface area contributed by atoms with Gasteiger partial charge >= 0.3 is 5.97 Å². The zero-order valence-electron chi connectivity index (χ0n) is 14.8. The Morgan fingerprint density at radius 1 is 1.26 bits per heavy atom. The standard InChI is InChI=1S/C20H30O3/c1-6-8-10-18-16(9-7-2)19(21)23-20(22-18)13-15(5)11-12-17(20)14(3)4/h6-7,14-15,17H,1-2,8-13H2,3-5H3. The molecule has 1 aliphatic heterocycles. The summed E-state index contributed by atoms with van der Waals surface area (Å²) in [5.41, 5.74) is 0.619. The third-order valence-electron chi connectivity index (χ3n) is 5.04. The van der Waals surface area contributed by atoms with Gasteiger partial charge in [0.1, 0.15) is 5.76 Å². The Morgan fingerprint density at radius 2 is 2.00 bits per heavy atom. The molecule has 23 heavy (non-hydrogen) atoms. The van der Waals surface area contributed by atoms with E-state index in [1.807, 2.05) is 6.08 Å². The monoisotopic (exact) mass is 318 g/mol. The SMILES string of the molecule is C=CCCC1=C(CC=C)C(=O)OC2(CC(C)CCC2C(C)C)O1. The molecule has 0 aromatic rings. The van der Waals surface area contributed by atoms with Gasteiger partial charge in [0.05, 0.1) is 5.57 Å². The fraction of sp³-hybridized carbons (Fsp3) is 0.650. The first-order valence-corrected chi connectivity index (χ1v) is 8.79. The van der Waals surface area contributed by atoms with Crippen molar-refractivity contribution in [1.29, 1.82) is 0 Å². The summed E-state index contributed by atoms with van der Waals surface area (Å²) < 4.78 is 12.4. The first-order chi connectivity index (χ1) is 10.9. The second-order valence-corrected chi connectivity index (χ2v) is 7.26. The molecule has 1 fully saturated rings. The Balaban J connectivity index is 2.38. The maximum absolute atomic E-state index is 12.7. The highest BCUT2D eigenvalue weighted by Crippen LogP contribution is 2.48. The van der Waals surface area contributed by atoms with Gasteiger partial charge in [0, 0.05) is 25.2 Å². The first kappa shape index (κ1) is 17.8. The topological polar surface area (TPSA) is 35.5 Å². The highest BCUT2D eigenvalue weighted by molar-refractivity contribution is 5.90. The third kappa shape index (κ3) is 3.70. The van der Waals surface area contributed by atoms with Crippen LogP contribution >= 0.6 is 0 Å². The van der Waals surface area contributed by atoms with Gasteiger partial charge in [-0.15, -0.1) is 13.2 Å². The van der Waals surface area contributed by atoms with Crippen LogP contribution in [0.3, 0.4) is 0 Å². The van der Waals surface area contributed by atoms with E-state index in [1.165, 1.54) is 0 Å². The van der Waals surface area contributed by atoms with Gasteiger partial charge in [0.2, 0.25) is 0 Å².